The molecule has 0 radical (unpaired) electrons. The zero-order chi connectivity index (χ0) is 13.9. The molecule has 0 aliphatic carbocycles. The minimum atomic E-state index is -4.10. The number of carbonyl (C=O) groups is 1. The summed E-state index contributed by atoms with van der Waals surface area (Å²) in [6, 6.07) is 0. The van der Waals surface area contributed by atoms with Gasteiger partial charge in [0.1, 0.15) is 6.54 Å². The number of hydrogen-bond donors (Lipinski definition) is 1. The van der Waals surface area contributed by atoms with Gasteiger partial charge in [-0.15, -0.1) is 0 Å². The van der Waals surface area contributed by atoms with Crippen LogP contribution in [0.5, 0.6) is 0 Å². The lowest BCUT2D eigenvalue weighted by Crippen LogP contribution is -2.43. The highest BCUT2D eigenvalue weighted by molar-refractivity contribution is 7.85. The Morgan fingerprint density at radius 2 is 1.71 bits per heavy atom. The molecule has 0 aliphatic heterocycles. The Balaban J connectivity index is 4.75. The van der Waals surface area contributed by atoms with Gasteiger partial charge in [0.25, 0.3) is 10.1 Å². The van der Waals surface area contributed by atoms with E-state index in [0.29, 0.717) is 10.9 Å². The second-order valence-electron chi connectivity index (χ2n) is 5.99. The van der Waals surface area contributed by atoms with E-state index in [2.05, 4.69) is 0 Å². The van der Waals surface area contributed by atoms with Gasteiger partial charge < -0.3 is 4.48 Å². The van der Waals surface area contributed by atoms with Crippen molar-refractivity contribution in [3.63, 3.8) is 0 Å². The van der Waals surface area contributed by atoms with Crippen LogP contribution >= 0.6 is 0 Å². The van der Waals surface area contributed by atoms with E-state index in [1.165, 1.54) is 0 Å². The zero-order valence-corrected chi connectivity index (χ0v) is 12.1. The first-order valence-electron chi connectivity index (χ1n) is 5.69. The molecule has 0 aromatic rings. The summed E-state index contributed by atoms with van der Waals surface area (Å²) in [6.07, 6.45) is 0.485. The second kappa shape index (κ2) is 5.93. The summed E-state index contributed by atoms with van der Waals surface area (Å²) in [7, 11) is 1.52. The Bertz CT molecular complexity index is 354. The summed E-state index contributed by atoms with van der Waals surface area (Å²) in [5.41, 5.74) is 0. The number of hydrogen-bond acceptors (Lipinski definition) is 3. The monoisotopic (exact) mass is 266 g/mol. The van der Waals surface area contributed by atoms with Crippen LogP contribution in [0.4, 0.5) is 0 Å². The van der Waals surface area contributed by atoms with E-state index in [9.17, 15) is 13.2 Å². The quantitative estimate of drug-likeness (QED) is 0.547. The van der Waals surface area contributed by atoms with Gasteiger partial charge in [-0.25, -0.2) is 0 Å². The first kappa shape index (κ1) is 16.5. The smallest absolute Gasteiger partial charge is 0.265 e. The van der Waals surface area contributed by atoms with Crippen LogP contribution in [0.2, 0.25) is 0 Å². The van der Waals surface area contributed by atoms with Crippen molar-refractivity contribution in [2.45, 2.75) is 20.3 Å². The van der Waals surface area contributed by atoms with Crippen molar-refractivity contribution >= 4 is 15.9 Å². The fourth-order valence-electron chi connectivity index (χ4n) is 1.71. The SMILES string of the molecule is CC(C)CC(CS(=O)(=O)O)C(=O)C[N+](C)(C)C. The molecule has 1 atom stereocenters. The van der Waals surface area contributed by atoms with Gasteiger partial charge in [0.15, 0.2) is 5.78 Å². The molecule has 0 saturated carbocycles. The fraction of sp³-hybridized carbons (Fsp3) is 0.909. The van der Waals surface area contributed by atoms with Gasteiger partial charge in [0.2, 0.25) is 0 Å². The molecule has 17 heavy (non-hydrogen) atoms. The number of ketones is 1. The van der Waals surface area contributed by atoms with Gasteiger partial charge in [0, 0.05) is 5.92 Å². The molecule has 102 valence electrons. The van der Waals surface area contributed by atoms with E-state index >= 15 is 0 Å². The standard InChI is InChI=1S/C11H23NO4S/c1-9(2)6-10(8-17(14,15)16)11(13)7-12(3,4)5/h9-10H,6-8H2,1-5H3/p+1. The Hall–Kier alpha value is -0.460. The van der Waals surface area contributed by atoms with Crippen molar-refractivity contribution in [3.05, 3.63) is 0 Å². The van der Waals surface area contributed by atoms with E-state index in [1.54, 1.807) is 0 Å². The molecule has 1 unspecified atom stereocenters. The summed E-state index contributed by atoms with van der Waals surface area (Å²) in [5.74, 6) is -0.964. The van der Waals surface area contributed by atoms with Crippen molar-refractivity contribution in [2.75, 3.05) is 33.4 Å². The van der Waals surface area contributed by atoms with E-state index in [0.717, 1.165) is 0 Å². The molecule has 0 heterocycles. The number of likely N-dealkylation sites (N-methyl/N-ethyl adjacent to an activating group) is 1. The Kier molecular flexibility index (Phi) is 5.77. The van der Waals surface area contributed by atoms with Crippen LogP contribution in [-0.2, 0) is 14.9 Å². The van der Waals surface area contributed by atoms with E-state index in [-0.39, 0.29) is 18.2 Å². The molecular formula is C11H24NO4S+. The molecule has 1 N–H and O–H groups in total. The Morgan fingerprint density at radius 3 is 2.00 bits per heavy atom. The third-order valence-electron chi connectivity index (χ3n) is 2.25. The maximum absolute atomic E-state index is 12.0. The minimum absolute atomic E-state index is 0.108. The molecule has 0 fully saturated rings. The number of quaternary nitrogens is 1. The van der Waals surface area contributed by atoms with Crippen LogP contribution in [0, 0.1) is 11.8 Å². The van der Waals surface area contributed by atoms with E-state index < -0.39 is 21.8 Å². The molecule has 0 aliphatic rings. The van der Waals surface area contributed by atoms with Gasteiger partial charge in [-0.05, 0) is 12.3 Å². The van der Waals surface area contributed by atoms with Gasteiger partial charge in [0.05, 0.1) is 26.9 Å². The van der Waals surface area contributed by atoms with Gasteiger partial charge in [-0.1, -0.05) is 13.8 Å². The van der Waals surface area contributed by atoms with E-state index in [4.69, 9.17) is 4.55 Å². The third kappa shape index (κ3) is 9.26. The summed E-state index contributed by atoms with van der Waals surface area (Å²) < 4.78 is 31.1. The first-order valence-corrected chi connectivity index (χ1v) is 7.30. The fourth-order valence-corrected chi connectivity index (χ4v) is 2.54. The molecule has 0 aromatic carbocycles. The highest BCUT2D eigenvalue weighted by Crippen LogP contribution is 2.16. The third-order valence-corrected chi connectivity index (χ3v) is 3.08. The van der Waals surface area contributed by atoms with Crippen LogP contribution < -0.4 is 0 Å². The number of carbonyl (C=O) groups excluding carboxylic acids is 1. The average molecular weight is 266 g/mol. The largest absolute Gasteiger partial charge is 0.325 e. The van der Waals surface area contributed by atoms with Crippen molar-refractivity contribution in [3.8, 4) is 0 Å². The lowest BCUT2D eigenvalue weighted by molar-refractivity contribution is -0.862. The van der Waals surface area contributed by atoms with Crippen LogP contribution in [-0.4, -0.2) is 56.7 Å². The first-order chi connectivity index (χ1) is 7.41. The topological polar surface area (TPSA) is 71.4 Å². The summed E-state index contributed by atoms with van der Waals surface area (Å²) in [4.78, 5) is 12.0. The highest BCUT2D eigenvalue weighted by Gasteiger charge is 2.28. The molecule has 0 aromatic heterocycles. The average Bonchev–Trinajstić information content (AvgIpc) is 1.95. The summed E-state index contributed by atoms with van der Waals surface area (Å²) >= 11 is 0. The maximum atomic E-state index is 12.0. The Labute approximate surface area is 104 Å². The van der Waals surface area contributed by atoms with Crippen molar-refractivity contribution in [1.82, 2.24) is 0 Å². The molecule has 5 nitrogen and oxygen atoms in total. The van der Waals surface area contributed by atoms with Crippen molar-refractivity contribution < 1.29 is 22.2 Å². The second-order valence-corrected chi connectivity index (χ2v) is 7.49. The van der Waals surface area contributed by atoms with E-state index in [1.807, 2.05) is 35.0 Å². The van der Waals surface area contributed by atoms with Crippen LogP contribution in [0.25, 0.3) is 0 Å². The number of rotatable bonds is 7. The molecule has 0 saturated heterocycles. The van der Waals surface area contributed by atoms with Gasteiger partial charge >= 0.3 is 0 Å². The molecular weight excluding hydrogens is 242 g/mol. The molecule has 0 rings (SSSR count). The molecule has 6 heteroatoms. The lowest BCUT2D eigenvalue weighted by Gasteiger charge is -2.25. The number of Topliss-reactive ketones (excluding diaryl/α,β-unsaturated/α-hetero) is 1. The maximum Gasteiger partial charge on any atom is 0.265 e. The minimum Gasteiger partial charge on any atom is -0.325 e. The lowest BCUT2D eigenvalue weighted by atomic mass is 9.94. The van der Waals surface area contributed by atoms with Gasteiger partial charge in [-0.3, -0.25) is 9.35 Å². The summed E-state index contributed by atoms with van der Waals surface area (Å²) in [5, 5.41) is 0. The van der Waals surface area contributed by atoms with Crippen LogP contribution in [0.3, 0.4) is 0 Å². The Morgan fingerprint density at radius 1 is 1.24 bits per heavy atom. The zero-order valence-electron chi connectivity index (χ0n) is 11.3. The van der Waals surface area contributed by atoms with Crippen LogP contribution in [0.15, 0.2) is 0 Å². The van der Waals surface area contributed by atoms with Crippen molar-refractivity contribution in [1.29, 1.82) is 0 Å². The molecule has 0 amide bonds. The number of nitrogens with zero attached hydrogens (tertiary/aromatic N) is 1. The molecule has 0 bridgehead atoms. The molecule has 0 spiro atoms. The predicted molar refractivity (Wildman–Crippen MR) is 67.3 cm³/mol. The van der Waals surface area contributed by atoms with Crippen molar-refractivity contribution in [2.24, 2.45) is 11.8 Å². The van der Waals surface area contributed by atoms with Crippen LogP contribution in [0.1, 0.15) is 20.3 Å². The highest BCUT2D eigenvalue weighted by atomic mass is 32.2. The predicted octanol–water partition coefficient (Wildman–Crippen LogP) is 0.812. The van der Waals surface area contributed by atoms with Gasteiger partial charge in [-0.2, -0.15) is 8.42 Å². The summed E-state index contributed by atoms with van der Waals surface area (Å²) in [6.45, 7) is 4.12. The normalized spacial score (nSPS) is 15.0.